The van der Waals surface area contributed by atoms with Crippen molar-refractivity contribution in [2.75, 3.05) is 11.4 Å². The van der Waals surface area contributed by atoms with Crippen LogP contribution in [0.2, 0.25) is 0 Å². The predicted octanol–water partition coefficient (Wildman–Crippen LogP) is 5.06. The fourth-order valence-electron chi connectivity index (χ4n) is 8.75. The van der Waals surface area contributed by atoms with Gasteiger partial charge in [-0.1, -0.05) is 33.8 Å². The lowest BCUT2D eigenvalue weighted by Gasteiger charge is -2.55. The molecule has 2 aromatic rings. The number of pyridine rings is 2. The zero-order chi connectivity index (χ0) is 27.3. The van der Waals surface area contributed by atoms with Crippen LogP contribution in [0.15, 0.2) is 41.6 Å². The average molecular weight is 541 g/mol. The molecule has 1 N–H and O–H groups in total. The Morgan fingerprint density at radius 3 is 2.58 bits per heavy atom. The van der Waals surface area contributed by atoms with Crippen LogP contribution in [0.25, 0.3) is 0 Å². The molecular formula is C29H40N4O4S. The number of sulfonamides is 1. The third kappa shape index (κ3) is 3.39. The molecule has 1 spiro atoms. The van der Waals surface area contributed by atoms with E-state index in [0.29, 0.717) is 22.6 Å². The Morgan fingerprint density at radius 1 is 1.13 bits per heavy atom. The van der Waals surface area contributed by atoms with E-state index in [1.807, 2.05) is 0 Å². The molecule has 0 radical (unpaired) electrons. The molecule has 1 amide bonds. The van der Waals surface area contributed by atoms with E-state index in [1.54, 1.807) is 30.5 Å². The Morgan fingerprint density at radius 2 is 1.89 bits per heavy atom. The Kier molecular flexibility index (Phi) is 5.34. The summed E-state index contributed by atoms with van der Waals surface area (Å²) in [6.45, 7) is 14.2. The van der Waals surface area contributed by atoms with Gasteiger partial charge in [0.25, 0.3) is 15.9 Å². The van der Waals surface area contributed by atoms with Gasteiger partial charge >= 0.3 is 0 Å². The number of nitrogens with zero attached hydrogens (tertiary/aromatic N) is 3. The van der Waals surface area contributed by atoms with E-state index in [2.05, 4.69) is 61.1 Å². The van der Waals surface area contributed by atoms with Gasteiger partial charge in [0.2, 0.25) is 5.88 Å². The van der Waals surface area contributed by atoms with E-state index < -0.39 is 15.9 Å². The van der Waals surface area contributed by atoms with E-state index in [1.165, 1.54) is 12.5 Å². The molecule has 0 bridgehead atoms. The van der Waals surface area contributed by atoms with Crippen LogP contribution >= 0.6 is 0 Å². The number of aromatic nitrogens is 2. The second-order valence-electron chi connectivity index (χ2n) is 13.4. The largest absolute Gasteiger partial charge is 0.474 e. The van der Waals surface area contributed by atoms with Crippen molar-refractivity contribution in [2.24, 2.45) is 28.1 Å². The number of nitrogens with one attached hydrogen (secondary N) is 1. The summed E-state index contributed by atoms with van der Waals surface area (Å²) in [5, 5.41) is -0.237. The maximum Gasteiger partial charge on any atom is 0.281 e. The van der Waals surface area contributed by atoms with Crippen molar-refractivity contribution in [1.29, 1.82) is 0 Å². The molecule has 38 heavy (non-hydrogen) atoms. The van der Waals surface area contributed by atoms with Crippen LogP contribution in [-0.4, -0.2) is 42.5 Å². The van der Waals surface area contributed by atoms with Crippen LogP contribution in [0, 0.1) is 28.1 Å². The number of rotatable bonds is 6. The monoisotopic (exact) mass is 540 g/mol. The Hall–Kier alpha value is -2.68. The first-order valence-corrected chi connectivity index (χ1v) is 15.1. The van der Waals surface area contributed by atoms with Gasteiger partial charge in [-0.25, -0.2) is 9.71 Å². The normalized spacial score (nSPS) is 34.2. The quantitative estimate of drug-likeness (QED) is 0.546. The summed E-state index contributed by atoms with van der Waals surface area (Å²) in [5.41, 5.74) is 0.799. The lowest BCUT2D eigenvalue weighted by atomic mass is 9.53. The van der Waals surface area contributed by atoms with E-state index in [9.17, 15) is 13.2 Å². The van der Waals surface area contributed by atoms with Gasteiger partial charge in [-0.15, -0.1) is 0 Å². The van der Waals surface area contributed by atoms with Crippen LogP contribution in [0.1, 0.15) is 79.0 Å². The van der Waals surface area contributed by atoms with E-state index in [0.717, 1.165) is 31.7 Å². The minimum absolute atomic E-state index is 0. The number of hydrogen-bond donors (Lipinski definition) is 1. The van der Waals surface area contributed by atoms with Gasteiger partial charge in [0.05, 0.1) is 5.56 Å². The molecule has 4 fully saturated rings. The molecule has 5 unspecified atom stereocenters. The van der Waals surface area contributed by atoms with Crippen LogP contribution in [0.5, 0.6) is 5.88 Å². The highest BCUT2D eigenvalue weighted by molar-refractivity contribution is 7.90. The Balaban J connectivity index is 0.00000308. The summed E-state index contributed by atoms with van der Waals surface area (Å²) in [6.07, 6.45) is 5.92. The van der Waals surface area contributed by atoms with Crippen molar-refractivity contribution >= 4 is 21.7 Å². The smallest absolute Gasteiger partial charge is 0.281 e. The van der Waals surface area contributed by atoms with Gasteiger partial charge in [-0.2, -0.15) is 13.4 Å². The molecule has 8 nitrogen and oxygen atoms in total. The molecule has 1 saturated heterocycles. The summed E-state index contributed by atoms with van der Waals surface area (Å²) in [5.74, 6) is 1.23. The SMILES string of the molecule is CC1CN(c2ncccc2C(=O)NS(=O)(=O)c2cccc(OC3CC45C(CCC34C)C5(C)C)n2)C(C)(C)C1.[HH]. The van der Waals surface area contributed by atoms with Gasteiger partial charge in [-0.05, 0) is 80.4 Å². The first-order chi connectivity index (χ1) is 17.7. The molecule has 1 aliphatic heterocycles. The summed E-state index contributed by atoms with van der Waals surface area (Å²) in [4.78, 5) is 24.1. The van der Waals surface area contributed by atoms with Crippen LogP contribution in [0.3, 0.4) is 0 Å². The number of amides is 1. The van der Waals surface area contributed by atoms with Crippen molar-refractivity contribution in [1.82, 2.24) is 14.7 Å². The standard InChI is InChI=1S/C29H38N4O4S.H2/c1-18-15-26(2,3)33(17-18)24-19(9-8-14-30-24)25(34)32-38(35,36)23-11-7-10-22(31-23)37-21-16-29-20(27(29,4)5)12-13-28(21,29)6;/h7-11,14,18,20-21H,12-13,15-17H2,1-6H3,(H,32,34);1H. The Bertz CT molecular complexity index is 1430. The van der Waals surface area contributed by atoms with Gasteiger partial charge in [0.15, 0.2) is 5.03 Å². The predicted molar refractivity (Wildman–Crippen MR) is 147 cm³/mol. The van der Waals surface area contributed by atoms with Gasteiger partial charge in [0, 0.05) is 31.2 Å². The van der Waals surface area contributed by atoms with Gasteiger partial charge in [-0.3, -0.25) is 4.79 Å². The van der Waals surface area contributed by atoms with E-state index >= 15 is 0 Å². The first-order valence-electron chi connectivity index (χ1n) is 13.7. The fourth-order valence-corrected chi connectivity index (χ4v) is 9.68. The molecule has 5 atom stereocenters. The summed E-state index contributed by atoms with van der Waals surface area (Å²) in [6, 6.07) is 7.94. The molecule has 6 rings (SSSR count). The second kappa shape index (κ2) is 7.93. The number of anilines is 1. The number of ether oxygens (including phenoxy) is 1. The van der Waals surface area contributed by atoms with Crippen molar-refractivity contribution in [2.45, 2.75) is 83.9 Å². The maximum absolute atomic E-state index is 13.3. The average Bonchev–Trinajstić information content (AvgIpc) is 3.05. The molecule has 0 aromatic carbocycles. The highest BCUT2D eigenvalue weighted by Crippen LogP contribution is 2.90. The Labute approximate surface area is 227 Å². The lowest BCUT2D eigenvalue weighted by molar-refractivity contribution is -0.123. The highest BCUT2D eigenvalue weighted by Gasteiger charge is 2.87. The van der Waals surface area contributed by atoms with Crippen LogP contribution in [-0.2, 0) is 10.0 Å². The third-order valence-corrected chi connectivity index (χ3v) is 11.8. The minimum atomic E-state index is -4.23. The summed E-state index contributed by atoms with van der Waals surface area (Å²) in [7, 11) is -4.23. The lowest BCUT2D eigenvalue weighted by Crippen LogP contribution is -2.56. The minimum Gasteiger partial charge on any atom is -0.474 e. The van der Waals surface area contributed by atoms with E-state index in [4.69, 9.17) is 4.74 Å². The van der Waals surface area contributed by atoms with Crippen LogP contribution in [0.4, 0.5) is 5.82 Å². The van der Waals surface area contributed by atoms with Crippen molar-refractivity contribution in [3.8, 4) is 5.88 Å². The molecular weight excluding hydrogens is 500 g/mol. The van der Waals surface area contributed by atoms with Crippen molar-refractivity contribution in [3.63, 3.8) is 0 Å². The summed E-state index contributed by atoms with van der Waals surface area (Å²) >= 11 is 0. The molecule has 9 heteroatoms. The molecule has 4 aliphatic rings. The third-order valence-electron chi connectivity index (χ3n) is 10.5. The fraction of sp³-hybridized carbons (Fsp3) is 0.621. The second-order valence-corrected chi connectivity index (χ2v) is 15.0. The highest BCUT2D eigenvalue weighted by atomic mass is 32.2. The van der Waals surface area contributed by atoms with Gasteiger partial charge < -0.3 is 9.64 Å². The molecule has 3 aliphatic carbocycles. The molecule has 206 valence electrons. The van der Waals surface area contributed by atoms with Crippen molar-refractivity contribution in [3.05, 3.63) is 42.1 Å². The van der Waals surface area contributed by atoms with Crippen LogP contribution < -0.4 is 14.4 Å². The zero-order valence-corrected chi connectivity index (χ0v) is 23.9. The first kappa shape index (κ1) is 25.6. The molecule has 2 aromatic heterocycles. The zero-order valence-electron chi connectivity index (χ0n) is 23.1. The van der Waals surface area contributed by atoms with Crippen molar-refractivity contribution < 1.29 is 19.4 Å². The number of carbonyl (C=O) groups excluding carboxylic acids is 1. The maximum atomic E-state index is 13.3. The van der Waals surface area contributed by atoms with E-state index in [-0.39, 0.29) is 35.0 Å². The molecule has 3 heterocycles. The number of hydrogen-bond acceptors (Lipinski definition) is 7. The summed E-state index contributed by atoms with van der Waals surface area (Å²) < 4.78 is 35.0. The number of carbonyl (C=O) groups is 1. The van der Waals surface area contributed by atoms with Gasteiger partial charge in [0.1, 0.15) is 11.9 Å². The topological polar surface area (TPSA) is 101 Å². The molecule has 3 saturated carbocycles.